The standard InChI is InChI=1S/C14H20ClNO2/c15-14-8-13(4-3-12(14)10-18)16-6-1-2-11(9-16)5-7-17/h3-4,8,11,17-18H,1-2,5-7,9-10H2. The van der Waals surface area contributed by atoms with Crippen LogP contribution in [-0.2, 0) is 6.61 Å². The van der Waals surface area contributed by atoms with Crippen LogP contribution in [0.15, 0.2) is 18.2 Å². The highest BCUT2D eigenvalue weighted by Gasteiger charge is 2.20. The summed E-state index contributed by atoms with van der Waals surface area (Å²) in [7, 11) is 0. The number of piperidine rings is 1. The number of halogens is 1. The highest BCUT2D eigenvalue weighted by atomic mass is 35.5. The minimum atomic E-state index is -0.0216. The topological polar surface area (TPSA) is 43.7 Å². The smallest absolute Gasteiger partial charge is 0.0696 e. The van der Waals surface area contributed by atoms with Gasteiger partial charge in [0.1, 0.15) is 0 Å². The van der Waals surface area contributed by atoms with E-state index in [0.717, 1.165) is 37.2 Å². The molecule has 1 aliphatic heterocycles. The molecule has 0 bridgehead atoms. The van der Waals surface area contributed by atoms with Crippen molar-refractivity contribution in [2.24, 2.45) is 5.92 Å². The van der Waals surface area contributed by atoms with Crippen molar-refractivity contribution >= 4 is 17.3 Å². The van der Waals surface area contributed by atoms with Crippen molar-refractivity contribution < 1.29 is 10.2 Å². The van der Waals surface area contributed by atoms with Crippen LogP contribution in [0.1, 0.15) is 24.8 Å². The highest BCUT2D eigenvalue weighted by Crippen LogP contribution is 2.28. The Bertz CT molecular complexity index is 395. The van der Waals surface area contributed by atoms with Gasteiger partial charge in [-0.25, -0.2) is 0 Å². The lowest BCUT2D eigenvalue weighted by Gasteiger charge is -2.34. The zero-order chi connectivity index (χ0) is 13.0. The zero-order valence-corrected chi connectivity index (χ0v) is 11.2. The molecule has 2 N–H and O–H groups in total. The quantitative estimate of drug-likeness (QED) is 0.882. The molecule has 0 saturated carbocycles. The van der Waals surface area contributed by atoms with Gasteiger partial charge in [-0.15, -0.1) is 0 Å². The Labute approximate surface area is 113 Å². The molecule has 1 aromatic carbocycles. The van der Waals surface area contributed by atoms with E-state index in [0.29, 0.717) is 10.9 Å². The first-order chi connectivity index (χ1) is 8.74. The van der Waals surface area contributed by atoms with Crippen molar-refractivity contribution in [3.8, 4) is 0 Å². The molecule has 3 nitrogen and oxygen atoms in total. The Kier molecular flexibility index (Phi) is 4.87. The fraction of sp³-hybridized carbons (Fsp3) is 0.571. The van der Waals surface area contributed by atoms with Crippen LogP contribution in [-0.4, -0.2) is 29.9 Å². The minimum Gasteiger partial charge on any atom is -0.396 e. The fourth-order valence-corrected chi connectivity index (χ4v) is 2.81. The van der Waals surface area contributed by atoms with Crippen molar-refractivity contribution in [1.29, 1.82) is 0 Å². The number of benzene rings is 1. The molecule has 1 fully saturated rings. The van der Waals surface area contributed by atoms with E-state index in [1.54, 1.807) is 0 Å². The van der Waals surface area contributed by atoms with Gasteiger partial charge in [0.15, 0.2) is 0 Å². The van der Waals surface area contributed by atoms with Gasteiger partial charge in [0, 0.05) is 30.4 Å². The second-order valence-electron chi connectivity index (χ2n) is 4.90. The van der Waals surface area contributed by atoms with Gasteiger partial charge in [-0.3, -0.25) is 0 Å². The lowest BCUT2D eigenvalue weighted by molar-refractivity contribution is 0.244. The van der Waals surface area contributed by atoms with E-state index in [9.17, 15) is 0 Å². The molecule has 1 atom stereocenters. The van der Waals surface area contributed by atoms with Gasteiger partial charge in [0.25, 0.3) is 0 Å². The van der Waals surface area contributed by atoms with Gasteiger partial charge in [-0.1, -0.05) is 17.7 Å². The van der Waals surface area contributed by atoms with E-state index >= 15 is 0 Å². The average Bonchev–Trinajstić information content (AvgIpc) is 2.39. The molecule has 18 heavy (non-hydrogen) atoms. The summed E-state index contributed by atoms with van der Waals surface area (Å²) in [6.45, 7) is 2.26. The maximum atomic E-state index is 9.11. The molecule has 2 rings (SSSR count). The van der Waals surface area contributed by atoms with E-state index in [1.807, 2.05) is 18.2 Å². The van der Waals surface area contributed by atoms with Gasteiger partial charge in [-0.2, -0.15) is 0 Å². The Morgan fingerprint density at radius 2 is 2.17 bits per heavy atom. The summed E-state index contributed by atoms with van der Waals surface area (Å²) in [5.41, 5.74) is 1.88. The van der Waals surface area contributed by atoms with Gasteiger partial charge in [-0.05, 0) is 42.9 Å². The third-order valence-corrected chi connectivity index (χ3v) is 3.98. The average molecular weight is 270 g/mol. The number of anilines is 1. The molecule has 1 saturated heterocycles. The lowest BCUT2D eigenvalue weighted by atomic mass is 9.94. The minimum absolute atomic E-state index is 0.0216. The van der Waals surface area contributed by atoms with Crippen LogP contribution in [0.25, 0.3) is 0 Å². The van der Waals surface area contributed by atoms with Crippen LogP contribution in [0.3, 0.4) is 0 Å². The third kappa shape index (κ3) is 3.16. The van der Waals surface area contributed by atoms with E-state index in [1.165, 1.54) is 6.42 Å². The molecule has 0 aromatic heterocycles. The second-order valence-corrected chi connectivity index (χ2v) is 5.31. The fourth-order valence-electron chi connectivity index (χ4n) is 2.58. The summed E-state index contributed by atoms with van der Waals surface area (Å²) >= 11 is 6.12. The van der Waals surface area contributed by atoms with Crippen molar-refractivity contribution in [1.82, 2.24) is 0 Å². The van der Waals surface area contributed by atoms with E-state index in [4.69, 9.17) is 21.8 Å². The molecule has 4 heteroatoms. The number of hydrogen-bond donors (Lipinski definition) is 2. The molecule has 1 unspecified atom stereocenters. The summed E-state index contributed by atoms with van der Waals surface area (Å²) < 4.78 is 0. The molecule has 1 aromatic rings. The Morgan fingerprint density at radius 1 is 1.33 bits per heavy atom. The van der Waals surface area contributed by atoms with Crippen molar-refractivity contribution in [2.75, 3.05) is 24.6 Å². The monoisotopic (exact) mass is 269 g/mol. The zero-order valence-electron chi connectivity index (χ0n) is 10.5. The molecular weight excluding hydrogens is 250 g/mol. The van der Waals surface area contributed by atoms with Crippen LogP contribution in [0.5, 0.6) is 0 Å². The predicted octanol–water partition coefficient (Wildman–Crippen LogP) is 2.43. The Hall–Kier alpha value is -0.770. The summed E-state index contributed by atoms with van der Waals surface area (Å²) in [6, 6.07) is 5.82. The summed E-state index contributed by atoms with van der Waals surface area (Å²) in [6.07, 6.45) is 3.22. The maximum absolute atomic E-state index is 9.11. The molecular formula is C14H20ClNO2. The highest BCUT2D eigenvalue weighted by molar-refractivity contribution is 6.31. The predicted molar refractivity (Wildman–Crippen MR) is 74.0 cm³/mol. The molecule has 0 spiro atoms. The van der Waals surface area contributed by atoms with Crippen molar-refractivity contribution in [3.05, 3.63) is 28.8 Å². The van der Waals surface area contributed by atoms with Crippen molar-refractivity contribution in [3.63, 3.8) is 0 Å². The Balaban J connectivity index is 2.08. The van der Waals surface area contributed by atoms with Crippen LogP contribution < -0.4 is 4.90 Å². The van der Waals surface area contributed by atoms with Gasteiger partial charge in [0.2, 0.25) is 0 Å². The number of aliphatic hydroxyl groups excluding tert-OH is 2. The molecule has 100 valence electrons. The van der Waals surface area contributed by atoms with E-state index in [2.05, 4.69) is 4.90 Å². The molecule has 0 aliphatic carbocycles. The van der Waals surface area contributed by atoms with Crippen LogP contribution in [0.2, 0.25) is 5.02 Å². The second kappa shape index (κ2) is 6.41. The largest absolute Gasteiger partial charge is 0.396 e. The number of aliphatic hydroxyl groups is 2. The first-order valence-electron chi connectivity index (χ1n) is 6.49. The van der Waals surface area contributed by atoms with Crippen molar-refractivity contribution in [2.45, 2.75) is 25.9 Å². The SMILES string of the molecule is OCCC1CCCN(c2ccc(CO)c(Cl)c2)C1. The van der Waals surface area contributed by atoms with Crippen LogP contribution in [0, 0.1) is 5.92 Å². The Morgan fingerprint density at radius 3 is 2.83 bits per heavy atom. The van der Waals surface area contributed by atoms with Gasteiger partial charge >= 0.3 is 0 Å². The first kappa shape index (κ1) is 13.7. The lowest BCUT2D eigenvalue weighted by Crippen LogP contribution is -2.35. The number of nitrogens with zero attached hydrogens (tertiary/aromatic N) is 1. The van der Waals surface area contributed by atoms with Crippen LogP contribution in [0.4, 0.5) is 5.69 Å². The van der Waals surface area contributed by atoms with E-state index in [-0.39, 0.29) is 13.2 Å². The normalized spacial score (nSPS) is 20.2. The first-order valence-corrected chi connectivity index (χ1v) is 6.87. The third-order valence-electron chi connectivity index (χ3n) is 3.63. The molecule has 1 aliphatic rings. The summed E-state index contributed by atoms with van der Waals surface area (Å²) in [5, 5.41) is 18.8. The summed E-state index contributed by atoms with van der Waals surface area (Å²) in [5.74, 6) is 0.569. The van der Waals surface area contributed by atoms with Crippen LogP contribution >= 0.6 is 11.6 Å². The van der Waals surface area contributed by atoms with Gasteiger partial charge in [0.05, 0.1) is 6.61 Å². The summed E-state index contributed by atoms with van der Waals surface area (Å²) in [4.78, 5) is 2.32. The molecule has 0 amide bonds. The van der Waals surface area contributed by atoms with Gasteiger partial charge < -0.3 is 15.1 Å². The molecule has 1 heterocycles. The number of hydrogen-bond acceptors (Lipinski definition) is 3. The maximum Gasteiger partial charge on any atom is 0.0696 e. The molecule has 0 radical (unpaired) electrons. The number of rotatable bonds is 4. The van der Waals surface area contributed by atoms with E-state index < -0.39 is 0 Å².